The van der Waals surface area contributed by atoms with E-state index in [0.29, 0.717) is 19.3 Å². The van der Waals surface area contributed by atoms with Crippen molar-refractivity contribution >= 4 is 17.9 Å². The van der Waals surface area contributed by atoms with Gasteiger partial charge in [0, 0.05) is 19.3 Å². The van der Waals surface area contributed by atoms with Crippen LogP contribution in [0.3, 0.4) is 0 Å². The summed E-state index contributed by atoms with van der Waals surface area (Å²) >= 11 is 0. The molecule has 59 heavy (non-hydrogen) atoms. The van der Waals surface area contributed by atoms with E-state index in [1.165, 1.54) is 51.4 Å². The zero-order chi connectivity index (χ0) is 43.0. The summed E-state index contributed by atoms with van der Waals surface area (Å²) in [4.78, 5) is 37.8. The fraction of sp³-hybridized carbons (Fsp3) is 0.679. The van der Waals surface area contributed by atoms with Crippen molar-refractivity contribution in [3.8, 4) is 0 Å². The molecule has 0 saturated heterocycles. The second-order valence-corrected chi connectivity index (χ2v) is 15.6. The van der Waals surface area contributed by atoms with E-state index < -0.39 is 6.10 Å². The van der Waals surface area contributed by atoms with Gasteiger partial charge in [-0.05, 0) is 89.9 Å². The number of allylic oxidation sites excluding steroid dienone is 14. The van der Waals surface area contributed by atoms with Crippen LogP contribution < -0.4 is 0 Å². The van der Waals surface area contributed by atoms with E-state index in [1.54, 1.807) is 0 Å². The third kappa shape index (κ3) is 45.5. The predicted octanol–water partition coefficient (Wildman–Crippen LogP) is 15.6. The molecule has 1 atom stereocenters. The average molecular weight is 821 g/mol. The first-order valence-electron chi connectivity index (χ1n) is 24.1. The smallest absolute Gasteiger partial charge is 0.306 e. The highest BCUT2D eigenvalue weighted by atomic mass is 16.6. The Bertz CT molecular complexity index is 1170. The summed E-state index contributed by atoms with van der Waals surface area (Å²) < 4.78 is 16.7. The molecule has 0 spiro atoms. The van der Waals surface area contributed by atoms with Gasteiger partial charge in [0.2, 0.25) is 0 Å². The normalized spacial score (nSPS) is 12.8. The van der Waals surface area contributed by atoms with Crippen molar-refractivity contribution in [3.63, 3.8) is 0 Å². The first-order chi connectivity index (χ1) is 29.0. The van der Waals surface area contributed by atoms with Crippen LogP contribution in [0.2, 0.25) is 0 Å². The maximum absolute atomic E-state index is 12.8. The molecule has 0 amide bonds. The molecule has 0 heterocycles. The zero-order valence-corrected chi connectivity index (χ0v) is 38.2. The molecule has 0 N–H and O–H groups in total. The third-order valence-electron chi connectivity index (χ3n) is 9.90. The molecule has 0 rings (SSSR count). The van der Waals surface area contributed by atoms with Gasteiger partial charge in [-0.1, -0.05) is 189 Å². The summed E-state index contributed by atoms with van der Waals surface area (Å²) in [6, 6.07) is 0. The lowest BCUT2D eigenvalue weighted by molar-refractivity contribution is -0.167. The summed E-state index contributed by atoms with van der Waals surface area (Å²) in [7, 11) is 0. The Morgan fingerprint density at radius 3 is 1.07 bits per heavy atom. The van der Waals surface area contributed by atoms with Crippen molar-refractivity contribution in [2.75, 3.05) is 13.2 Å². The molecule has 0 aliphatic carbocycles. The van der Waals surface area contributed by atoms with Crippen LogP contribution in [0.1, 0.15) is 213 Å². The highest BCUT2D eigenvalue weighted by Gasteiger charge is 2.19. The maximum atomic E-state index is 12.8. The molecule has 0 radical (unpaired) electrons. The molecule has 0 bridgehead atoms. The summed E-state index contributed by atoms with van der Waals surface area (Å²) in [6.07, 6.45) is 59.9. The van der Waals surface area contributed by atoms with Crippen molar-refractivity contribution in [1.82, 2.24) is 0 Å². The van der Waals surface area contributed by atoms with Crippen molar-refractivity contribution in [2.24, 2.45) is 0 Å². The number of hydrogen-bond donors (Lipinski definition) is 0. The van der Waals surface area contributed by atoms with E-state index in [9.17, 15) is 14.4 Å². The van der Waals surface area contributed by atoms with Gasteiger partial charge in [-0.3, -0.25) is 14.4 Å². The first-order valence-corrected chi connectivity index (χ1v) is 24.1. The molecule has 0 aromatic carbocycles. The second kappa shape index (κ2) is 47.3. The van der Waals surface area contributed by atoms with E-state index >= 15 is 0 Å². The Labute approximate surface area is 363 Å². The van der Waals surface area contributed by atoms with Gasteiger partial charge in [-0.15, -0.1) is 0 Å². The SMILES string of the molecule is CC/C=C\C/C=C\C/C=C\C/C=C\CCCCC(=O)OC[C@H](COC(=O)CCCCCCCCCCCCC)OC(=O)CCCCCCC/C=C\C/C=C\C/C=C\CC. The van der Waals surface area contributed by atoms with Gasteiger partial charge in [-0.2, -0.15) is 0 Å². The summed E-state index contributed by atoms with van der Waals surface area (Å²) in [6.45, 7) is 6.34. The van der Waals surface area contributed by atoms with E-state index in [4.69, 9.17) is 14.2 Å². The van der Waals surface area contributed by atoms with Crippen LogP contribution in [0.15, 0.2) is 85.1 Å². The van der Waals surface area contributed by atoms with Crippen LogP contribution in [-0.2, 0) is 28.6 Å². The number of rotatable bonds is 42. The minimum Gasteiger partial charge on any atom is -0.462 e. The predicted molar refractivity (Wildman–Crippen MR) is 251 cm³/mol. The van der Waals surface area contributed by atoms with E-state index in [-0.39, 0.29) is 31.1 Å². The summed E-state index contributed by atoms with van der Waals surface area (Å²) in [5.41, 5.74) is 0. The Hall–Kier alpha value is -3.41. The van der Waals surface area contributed by atoms with E-state index in [0.717, 1.165) is 122 Å². The van der Waals surface area contributed by atoms with Crippen molar-refractivity contribution in [2.45, 2.75) is 219 Å². The molecule has 0 aliphatic rings. The largest absolute Gasteiger partial charge is 0.462 e. The van der Waals surface area contributed by atoms with E-state index in [1.807, 2.05) is 0 Å². The first kappa shape index (κ1) is 55.6. The van der Waals surface area contributed by atoms with Crippen molar-refractivity contribution < 1.29 is 28.6 Å². The second-order valence-electron chi connectivity index (χ2n) is 15.6. The lowest BCUT2D eigenvalue weighted by Crippen LogP contribution is -2.30. The number of ether oxygens (including phenoxy) is 3. The minimum atomic E-state index is -0.800. The lowest BCUT2D eigenvalue weighted by Gasteiger charge is -2.18. The number of carbonyl (C=O) groups is 3. The van der Waals surface area contributed by atoms with Gasteiger partial charge in [0.1, 0.15) is 13.2 Å². The Morgan fingerprint density at radius 1 is 0.356 bits per heavy atom. The van der Waals surface area contributed by atoms with Crippen LogP contribution in [0.5, 0.6) is 0 Å². The molecular formula is C53H88O6. The Kier molecular flexibility index (Phi) is 44.5. The molecule has 0 aromatic rings. The Morgan fingerprint density at radius 2 is 0.661 bits per heavy atom. The fourth-order valence-electron chi connectivity index (χ4n) is 6.33. The summed E-state index contributed by atoms with van der Waals surface area (Å²) in [5, 5.41) is 0. The Balaban J connectivity index is 4.48. The maximum Gasteiger partial charge on any atom is 0.306 e. The van der Waals surface area contributed by atoms with Crippen LogP contribution in [0, 0.1) is 0 Å². The van der Waals surface area contributed by atoms with Gasteiger partial charge in [0.15, 0.2) is 6.10 Å². The van der Waals surface area contributed by atoms with E-state index in [2.05, 4.69) is 106 Å². The van der Waals surface area contributed by atoms with Gasteiger partial charge in [0.25, 0.3) is 0 Å². The number of esters is 3. The standard InChI is InChI=1S/C53H88O6/c1-4-7-10-13-16-19-22-24-26-28-31-34-37-40-43-46-52(55)58-49-50(48-57-51(54)45-42-39-36-33-30-21-18-15-12-9-6-3)59-53(56)47-44-41-38-35-32-29-27-25-23-20-17-14-11-8-5-2/h7-8,10-11,16-17,19-20,24-27,31,34,50H,4-6,9,12-15,18,21-23,28-30,32-33,35-49H2,1-3H3/b10-7-,11-8-,19-16-,20-17-,26-24-,27-25-,34-31-/t50-/m0/s1. The molecule has 0 saturated carbocycles. The monoisotopic (exact) mass is 821 g/mol. The average Bonchev–Trinajstić information content (AvgIpc) is 3.23. The molecule has 336 valence electrons. The van der Waals surface area contributed by atoms with Gasteiger partial charge < -0.3 is 14.2 Å². The van der Waals surface area contributed by atoms with Crippen LogP contribution >= 0.6 is 0 Å². The van der Waals surface area contributed by atoms with Crippen molar-refractivity contribution in [1.29, 1.82) is 0 Å². The fourth-order valence-corrected chi connectivity index (χ4v) is 6.33. The molecule has 6 nitrogen and oxygen atoms in total. The minimum absolute atomic E-state index is 0.0963. The van der Waals surface area contributed by atoms with Crippen molar-refractivity contribution in [3.05, 3.63) is 85.1 Å². The molecule has 0 unspecified atom stereocenters. The summed E-state index contributed by atoms with van der Waals surface area (Å²) in [5.74, 6) is -0.962. The van der Waals surface area contributed by atoms with Crippen LogP contribution in [-0.4, -0.2) is 37.2 Å². The number of carbonyl (C=O) groups excluding carboxylic acids is 3. The topological polar surface area (TPSA) is 78.9 Å². The number of unbranched alkanes of at least 4 members (excludes halogenated alkanes) is 17. The van der Waals surface area contributed by atoms with Gasteiger partial charge >= 0.3 is 17.9 Å². The van der Waals surface area contributed by atoms with Crippen LogP contribution in [0.4, 0.5) is 0 Å². The molecule has 6 heteroatoms. The van der Waals surface area contributed by atoms with Gasteiger partial charge in [-0.25, -0.2) is 0 Å². The molecule has 0 aromatic heterocycles. The zero-order valence-electron chi connectivity index (χ0n) is 38.2. The molecular weight excluding hydrogens is 733 g/mol. The molecule has 0 aliphatic heterocycles. The van der Waals surface area contributed by atoms with Crippen LogP contribution in [0.25, 0.3) is 0 Å². The number of hydrogen-bond acceptors (Lipinski definition) is 6. The quantitative estimate of drug-likeness (QED) is 0.0264. The molecule has 0 fully saturated rings. The highest BCUT2D eigenvalue weighted by Crippen LogP contribution is 2.14. The lowest BCUT2D eigenvalue weighted by atomic mass is 10.1. The van der Waals surface area contributed by atoms with Gasteiger partial charge in [0.05, 0.1) is 0 Å². The highest BCUT2D eigenvalue weighted by molar-refractivity contribution is 5.71. The third-order valence-corrected chi connectivity index (χ3v) is 9.90.